The van der Waals surface area contributed by atoms with Gasteiger partial charge in [0.05, 0.1) is 32.7 Å². The minimum absolute atomic E-state index is 0.0685. The first-order valence-electron chi connectivity index (χ1n) is 13.0. The van der Waals surface area contributed by atoms with Crippen molar-refractivity contribution >= 4 is 28.4 Å². The highest BCUT2D eigenvalue weighted by Gasteiger charge is 2.25. The molecule has 0 aliphatic heterocycles. The van der Waals surface area contributed by atoms with Gasteiger partial charge in [-0.1, -0.05) is 42.5 Å². The molecule has 1 heterocycles. The molecule has 0 saturated heterocycles. The highest BCUT2D eigenvalue weighted by atomic mass is 16.5. The van der Waals surface area contributed by atoms with Crippen molar-refractivity contribution in [2.45, 2.75) is 32.9 Å². The van der Waals surface area contributed by atoms with E-state index >= 15 is 0 Å². The molecule has 0 spiro atoms. The van der Waals surface area contributed by atoms with Crippen LogP contribution in [0.3, 0.4) is 0 Å². The highest BCUT2D eigenvalue weighted by Crippen LogP contribution is 2.28. The van der Waals surface area contributed by atoms with Crippen LogP contribution in [0.25, 0.3) is 10.8 Å². The van der Waals surface area contributed by atoms with Gasteiger partial charge in [-0.2, -0.15) is 0 Å². The molecule has 0 fully saturated rings. The summed E-state index contributed by atoms with van der Waals surface area (Å²) in [6.45, 7) is 4.47. The largest absolute Gasteiger partial charge is 0.493 e. The first-order valence-corrected chi connectivity index (χ1v) is 13.0. The molecule has 3 amide bonds. The van der Waals surface area contributed by atoms with Crippen LogP contribution in [0.5, 0.6) is 11.5 Å². The zero-order chi connectivity index (χ0) is 27.8. The lowest BCUT2D eigenvalue weighted by molar-refractivity contribution is -0.133. The number of urea groups is 1. The smallest absolute Gasteiger partial charge is 0.322 e. The number of ether oxygens (including phenoxy) is 2. The van der Waals surface area contributed by atoms with Gasteiger partial charge < -0.3 is 29.0 Å². The molecule has 4 rings (SSSR count). The van der Waals surface area contributed by atoms with Crippen LogP contribution in [0.1, 0.15) is 25.2 Å². The number of furan rings is 1. The average Bonchev–Trinajstić information content (AvgIpc) is 3.46. The summed E-state index contributed by atoms with van der Waals surface area (Å²) < 4.78 is 16.3. The van der Waals surface area contributed by atoms with Crippen molar-refractivity contribution in [3.05, 3.63) is 90.4 Å². The Labute approximate surface area is 229 Å². The third-order valence-corrected chi connectivity index (χ3v) is 6.62. The van der Waals surface area contributed by atoms with E-state index in [0.29, 0.717) is 42.5 Å². The van der Waals surface area contributed by atoms with Crippen LogP contribution in [0.15, 0.2) is 83.5 Å². The molecule has 0 radical (unpaired) electrons. The second-order valence-corrected chi connectivity index (χ2v) is 9.51. The molecular weight excluding hydrogens is 494 g/mol. The Hall–Kier alpha value is -4.46. The zero-order valence-corrected chi connectivity index (χ0v) is 22.8. The third kappa shape index (κ3) is 6.90. The van der Waals surface area contributed by atoms with Crippen LogP contribution >= 0.6 is 0 Å². The lowest BCUT2D eigenvalue weighted by Crippen LogP contribution is -2.47. The number of fused-ring (bicyclic) bond motifs is 1. The Morgan fingerprint density at radius 2 is 1.69 bits per heavy atom. The van der Waals surface area contributed by atoms with Gasteiger partial charge in [0.25, 0.3) is 0 Å². The number of rotatable bonds is 11. The minimum atomic E-state index is -0.326. The lowest BCUT2D eigenvalue weighted by Gasteiger charge is -2.30. The molecular formula is C31H35N3O5. The summed E-state index contributed by atoms with van der Waals surface area (Å²) in [5, 5.41) is 4.98. The van der Waals surface area contributed by atoms with Crippen LogP contribution < -0.4 is 14.8 Å². The summed E-state index contributed by atoms with van der Waals surface area (Å²) in [6, 6.07) is 22.5. The van der Waals surface area contributed by atoms with Gasteiger partial charge in [0, 0.05) is 18.0 Å². The van der Waals surface area contributed by atoms with E-state index in [2.05, 4.69) is 5.32 Å². The molecule has 0 aliphatic carbocycles. The monoisotopic (exact) mass is 529 g/mol. The number of carbonyl (C=O) groups is 2. The average molecular weight is 530 g/mol. The van der Waals surface area contributed by atoms with Crippen molar-refractivity contribution in [3.8, 4) is 11.5 Å². The number of hydrogen-bond donors (Lipinski definition) is 1. The molecule has 1 aromatic heterocycles. The molecule has 0 saturated carbocycles. The molecule has 0 aliphatic rings. The summed E-state index contributed by atoms with van der Waals surface area (Å²) in [7, 11) is 3.19. The fraction of sp³-hybridized carbons (Fsp3) is 0.290. The number of amides is 3. The van der Waals surface area contributed by atoms with Gasteiger partial charge in [-0.05, 0) is 61.5 Å². The second-order valence-electron chi connectivity index (χ2n) is 9.51. The molecule has 204 valence electrons. The number of nitrogens with zero attached hydrogens (tertiary/aromatic N) is 2. The normalized spacial score (nSPS) is 10.9. The Kier molecular flexibility index (Phi) is 9.10. The molecule has 3 aromatic carbocycles. The van der Waals surface area contributed by atoms with Gasteiger partial charge in [0.15, 0.2) is 11.5 Å². The molecule has 1 N–H and O–H groups in total. The van der Waals surface area contributed by atoms with Crippen LogP contribution in [0.4, 0.5) is 10.5 Å². The molecule has 4 aromatic rings. The molecule has 0 atom stereocenters. The number of nitrogens with one attached hydrogen (secondary N) is 1. The number of anilines is 1. The summed E-state index contributed by atoms with van der Waals surface area (Å²) in [5.74, 6) is 1.78. The fourth-order valence-electron chi connectivity index (χ4n) is 4.44. The van der Waals surface area contributed by atoms with Crippen LogP contribution in [0.2, 0.25) is 0 Å². The van der Waals surface area contributed by atoms with Gasteiger partial charge in [-0.3, -0.25) is 4.79 Å². The standard InChI is InChI=1S/C31H35N3O5/c1-22(2)34(31(36)32-27-13-7-10-24-9-5-6-12-26(24)27)21-30(35)33(20-25-11-8-18-39-25)17-16-23-14-15-28(37-3)29(19-23)38-4/h5-15,18-19,22H,16-17,20-21H2,1-4H3,(H,32,36). The summed E-state index contributed by atoms with van der Waals surface area (Å²) in [6.07, 6.45) is 2.18. The Morgan fingerprint density at radius 3 is 2.41 bits per heavy atom. The van der Waals surface area contributed by atoms with Gasteiger partial charge in [0.1, 0.15) is 12.3 Å². The van der Waals surface area contributed by atoms with Crippen molar-refractivity contribution in [1.29, 1.82) is 0 Å². The lowest BCUT2D eigenvalue weighted by atomic mass is 10.1. The maximum atomic E-state index is 13.6. The third-order valence-electron chi connectivity index (χ3n) is 6.62. The Morgan fingerprint density at radius 1 is 0.923 bits per heavy atom. The second kappa shape index (κ2) is 12.9. The highest BCUT2D eigenvalue weighted by molar-refractivity contribution is 6.02. The summed E-state index contributed by atoms with van der Waals surface area (Å²) in [4.78, 5) is 30.3. The number of carbonyl (C=O) groups excluding carboxylic acids is 2. The van der Waals surface area contributed by atoms with E-state index in [0.717, 1.165) is 16.3 Å². The van der Waals surface area contributed by atoms with Crippen LogP contribution in [-0.2, 0) is 17.8 Å². The van der Waals surface area contributed by atoms with Crippen molar-refractivity contribution in [1.82, 2.24) is 9.80 Å². The number of benzene rings is 3. The van der Waals surface area contributed by atoms with Gasteiger partial charge >= 0.3 is 6.03 Å². The van der Waals surface area contributed by atoms with Crippen LogP contribution in [-0.4, -0.2) is 55.1 Å². The topological polar surface area (TPSA) is 84.2 Å². The van der Waals surface area contributed by atoms with Gasteiger partial charge in [-0.25, -0.2) is 4.79 Å². The van der Waals surface area contributed by atoms with Crippen LogP contribution in [0, 0.1) is 0 Å². The predicted molar refractivity (Wildman–Crippen MR) is 152 cm³/mol. The summed E-state index contributed by atoms with van der Waals surface area (Å²) in [5.41, 5.74) is 1.71. The van der Waals surface area contributed by atoms with E-state index in [4.69, 9.17) is 13.9 Å². The van der Waals surface area contributed by atoms with Crippen molar-refractivity contribution in [2.24, 2.45) is 0 Å². The number of hydrogen-bond acceptors (Lipinski definition) is 5. The molecule has 8 heteroatoms. The SMILES string of the molecule is COc1ccc(CCN(Cc2ccco2)C(=O)CN(C(=O)Nc2cccc3ccccc23)C(C)C)cc1OC. The summed E-state index contributed by atoms with van der Waals surface area (Å²) >= 11 is 0. The van der Waals surface area contributed by atoms with Gasteiger partial charge in [-0.15, -0.1) is 0 Å². The quantitative estimate of drug-likeness (QED) is 0.259. The minimum Gasteiger partial charge on any atom is -0.493 e. The Balaban J connectivity index is 1.49. The maximum Gasteiger partial charge on any atom is 0.322 e. The van der Waals surface area contributed by atoms with E-state index in [-0.39, 0.29) is 24.5 Å². The fourth-order valence-corrected chi connectivity index (χ4v) is 4.44. The van der Waals surface area contributed by atoms with Crippen molar-refractivity contribution < 1.29 is 23.5 Å². The predicted octanol–water partition coefficient (Wildman–Crippen LogP) is 5.96. The van der Waals surface area contributed by atoms with E-state index in [9.17, 15) is 9.59 Å². The van der Waals surface area contributed by atoms with Crippen molar-refractivity contribution in [3.63, 3.8) is 0 Å². The van der Waals surface area contributed by atoms with E-state index in [1.54, 1.807) is 36.3 Å². The molecule has 0 bridgehead atoms. The molecule has 8 nitrogen and oxygen atoms in total. The molecule has 39 heavy (non-hydrogen) atoms. The molecule has 0 unspecified atom stereocenters. The van der Waals surface area contributed by atoms with E-state index in [1.807, 2.05) is 80.6 Å². The first kappa shape index (κ1) is 27.6. The Bertz CT molecular complexity index is 1400. The number of methoxy groups -OCH3 is 2. The van der Waals surface area contributed by atoms with Gasteiger partial charge in [0.2, 0.25) is 5.91 Å². The first-order chi connectivity index (χ1) is 18.9. The maximum absolute atomic E-state index is 13.6. The van der Waals surface area contributed by atoms with Crippen molar-refractivity contribution in [2.75, 3.05) is 32.6 Å². The van der Waals surface area contributed by atoms with E-state index in [1.165, 1.54) is 0 Å². The van der Waals surface area contributed by atoms with E-state index < -0.39 is 0 Å². The zero-order valence-electron chi connectivity index (χ0n) is 22.8.